The molecule has 0 fully saturated rings. The van der Waals surface area contributed by atoms with Gasteiger partial charge in [0.05, 0.1) is 0 Å². The molecule has 0 aromatic heterocycles. The molecule has 0 aliphatic heterocycles. The summed E-state index contributed by atoms with van der Waals surface area (Å²) in [5, 5.41) is 2.71. The first-order valence-corrected chi connectivity index (χ1v) is 8.51. The average Bonchev–Trinajstić information content (AvgIpc) is 2.47. The van der Waals surface area contributed by atoms with Gasteiger partial charge in [0.15, 0.2) is 6.61 Å². The van der Waals surface area contributed by atoms with Crippen molar-refractivity contribution in [1.82, 2.24) is 0 Å². The summed E-state index contributed by atoms with van der Waals surface area (Å²) in [7, 11) is -1.08. The molecule has 2 aromatic carbocycles. The third kappa shape index (κ3) is 4.99. The van der Waals surface area contributed by atoms with Crippen LogP contribution in [0.15, 0.2) is 57.9 Å². The zero-order valence-corrected chi connectivity index (χ0v) is 13.7. The van der Waals surface area contributed by atoms with Gasteiger partial charge in [-0.05, 0) is 42.5 Å². The van der Waals surface area contributed by atoms with Crippen molar-refractivity contribution in [3.8, 4) is 5.75 Å². The lowest BCUT2D eigenvalue weighted by atomic mass is 10.3. The summed E-state index contributed by atoms with van der Waals surface area (Å²) >= 11 is 3.33. The Kier molecular flexibility index (Phi) is 5.52. The number of ether oxygens (including phenoxy) is 1. The van der Waals surface area contributed by atoms with E-state index in [-0.39, 0.29) is 12.5 Å². The molecule has 2 rings (SSSR count). The molecule has 0 saturated heterocycles. The monoisotopic (exact) mass is 367 g/mol. The van der Waals surface area contributed by atoms with Crippen LogP contribution in [0.3, 0.4) is 0 Å². The minimum absolute atomic E-state index is 0.0823. The Hall–Kier alpha value is -1.66. The fourth-order valence-electron chi connectivity index (χ4n) is 1.63. The van der Waals surface area contributed by atoms with Gasteiger partial charge < -0.3 is 10.1 Å². The van der Waals surface area contributed by atoms with Crippen LogP contribution in [0.1, 0.15) is 0 Å². The predicted octanol–water partition coefficient (Wildman–Crippen LogP) is 3.20. The Bertz CT molecular complexity index is 658. The first-order chi connectivity index (χ1) is 10.0. The van der Waals surface area contributed by atoms with Crippen LogP contribution < -0.4 is 10.1 Å². The van der Waals surface area contributed by atoms with Crippen molar-refractivity contribution < 1.29 is 13.7 Å². The van der Waals surface area contributed by atoms with E-state index in [9.17, 15) is 9.00 Å². The molecular weight excluding hydrogens is 354 g/mol. The lowest BCUT2D eigenvalue weighted by Crippen LogP contribution is -2.20. The van der Waals surface area contributed by atoms with Gasteiger partial charge in [0.2, 0.25) is 0 Å². The van der Waals surface area contributed by atoms with Gasteiger partial charge in [-0.25, -0.2) is 0 Å². The maximum absolute atomic E-state index is 11.8. The van der Waals surface area contributed by atoms with Crippen LogP contribution in [-0.4, -0.2) is 23.0 Å². The Morgan fingerprint density at radius 2 is 1.95 bits per heavy atom. The lowest BCUT2D eigenvalue weighted by Gasteiger charge is -2.08. The van der Waals surface area contributed by atoms with Crippen LogP contribution in [0.4, 0.5) is 5.69 Å². The van der Waals surface area contributed by atoms with Crippen molar-refractivity contribution in [3.63, 3.8) is 0 Å². The summed E-state index contributed by atoms with van der Waals surface area (Å²) in [6, 6.07) is 14.2. The molecule has 110 valence electrons. The largest absolute Gasteiger partial charge is 0.484 e. The average molecular weight is 368 g/mol. The van der Waals surface area contributed by atoms with Crippen molar-refractivity contribution in [3.05, 3.63) is 53.0 Å². The van der Waals surface area contributed by atoms with Crippen LogP contribution in [0.25, 0.3) is 0 Å². The second-order valence-corrected chi connectivity index (χ2v) is 6.57. The van der Waals surface area contributed by atoms with Crippen LogP contribution in [0, 0.1) is 0 Å². The summed E-state index contributed by atoms with van der Waals surface area (Å²) in [4.78, 5) is 12.5. The molecule has 0 bridgehead atoms. The highest BCUT2D eigenvalue weighted by Gasteiger charge is 2.05. The topological polar surface area (TPSA) is 55.4 Å². The Morgan fingerprint density at radius 3 is 2.62 bits per heavy atom. The molecule has 1 atom stereocenters. The van der Waals surface area contributed by atoms with Crippen molar-refractivity contribution in [2.24, 2.45) is 0 Å². The van der Waals surface area contributed by atoms with E-state index in [1.807, 2.05) is 12.1 Å². The minimum Gasteiger partial charge on any atom is -0.484 e. The number of hydrogen-bond donors (Lipinski definition) is 1. The molecule has 0 heterocycles. The zero-order valence-electron chi connectivity index (χ0n) is 11.3. The molecule has 0 radical (unpaired) electrons. The summed E-state index contributed by atoms with van der Waals surface area (Å²) in [5.41, 5.74) is 0.604. The molecule has 2 aromatic rings. The van der Waals surface area contributed by atoms with Gasteiger partial charge >= 0.3 is 0 Å². The lowest BCUT2D eigenvalue weighted by molar-refractivity contribution is -0.118. The number of benzene rings is 2. The fourth-order valence-corrected chi connectivity index (χ4v) is 2.46. The molecule has 6 heteroatoms. The highest BCUT2D eigenvalue weighted by molar-refractivity contribution is 9.10. The molecule has 0 spiro atoms. The highest BCUT2D eigenvalue weighted by Crippen LogP contribution is 2.16. The van der Waals surface area contributed by atoms with Crippen molar-refractivity contribution >= 4 is 38.3 Å². The van der Waals surface area contributed by atoms with E-state index < -0.39 is 10.8 Å². The maximum atomic E-state index is 11.8. The van der Waals surface area contributed by atoms with E-state index in [4.69, 9.17) is 4.74 Å². The third-order valence-electron chi connectivity index (χ3n) is 2.63. The molecule has 0 saturated carbocycles. The number of nitrogens with one attached hydrogen (secondary N) is 1. The fraction of sp³-hybridized carbons (Fsp3) is 0.133. The summed E-state index contributed by atoms with van der Waals surface area (Å²) in [6.45, 7) is -0.0823. The van der Waals surface area contributed by atoms with Crippen molar-refractivity contribution in [2.75, 3.05) is 18.2 Å². The van der Waals surface area contributed by atoms with Crippen LogP contribution in [0.5, 0.6) is 5.75 Å². The molecule has 0 aliphatic carbocycles. The van der Waals surface area contributed by atoms with Crippen molar-refractivity contribution in [1.29, 1.82) is 0 Å². The van der Waals surface area contributed by atoms with Crippen molar-refractivity contribution in [2.45, 2.75) is 4.90 Å². The van der Waals surface area contributed by atoms with E-state index in [2.05, 4.69) is 21.2 Å². The number of rotatable bonds is 5. The van der Waals surface area contributed by atoms with Gasteiger partial charge in [-0.3, -0.25) is 9.00 Å². The normalized spacial score (nSPS) is 11.7. The predicted molar refractivity (Wildman–Crippen MR) is 87.0 cm³/mol. The smallest absolute Gasteiger partial charge is 0.262 e. The maximum Gasteiger partial charge on any atom is 0.262 e. The number of halogens is 1. The third-order valence-corrected chi connectivity index (χ3v) is 4.08. The molecule has 21 heavy (non-hydrogen) atoms. The molecule has 4 nitrogen and oxygen atoms in total. The molecule has 1 N–H and O–H groups in total. The Labute approximate surface area is 134 Å². The molecule has 1 amide bonds. The van der Waals surface area contributed by atoms with Gasteiger partial charge in [-0.2, -0.15) is 0 Å². The van der Waals surface area contributed by atoms with Gasteiger partial charge in [0, 0.05) is 32.1 Å². The second kappa shape index (κ2) is 7.38. The van der Waals surface area contributed by atoms with Gasteiger partial charge in [-0.1, -0.05) is 22.0 Å². The van der Waals surface area contributed by atoms with Crippen LogP contribution >= 0.6 is 15.9 Å². The minimum atomic E-state index is -1.08. The first kappa shape index (κ1) is 15.7. The highest BCUT2D eigenvalue weighted by atomic mass is 79.9. The summed E-state index contributed by atoms with van der Waals surface area (Å²) in [6.07, 6.45) is 1.59. The zero-order chi connectivity index (χ0) is 15.2. The SMILES string of the molecule is CS(=O)c1cccc(NC(=O)COc2ccc(Br)cc2)c1. The number of carbonyl (C=O) groups excluding carboxylic acids is 1. The summed E-state index contributed by atoms with van der Waals surface area (Å²) < 4.78 is 17.7. The van der Waals surface area contributed by atoms with Crippen LogP contribution in [0.2, 0.25) is 0 Å². The number of anilines is 1. The van der Waals surface area contributed by atoms with Gasteiger partial charge in [-0.15, -0.1) is 0 Å². The van der Waals surface area contributed by atoms with Crippen LogP contribution in [-0.2, 0) is 15.6 Å². The van der Waals surface area contributed by atoms with E-state index in [0.29, 0.717) is 16.3 Å². The summed E-state index contributed by atoms with van der Waals surface area (Å²) in [5.74, 6) is 0.355. The van der Waals surface area contributed by atoms with Gasteiger partial charge in [0.1, 0.15) is 5.75 Å². The number of hydrogen-bond acceptors (Lipinski definition) is 3. The first-order valence-electron chi connectivity index (χ1n) is 6.16. The molecule has 1 unspecified atom stereocenters. The van der Waals surface area contributed by atoms with E-state index >= 15 is 0 Å². The molecular formula is C15H14BrNO3S. The Morgan fingerprint density at radius 1 is 1.24 bits per heavy atom. The number of amides is 1. The van der Waals surface area contributed by atoms with E-state index in [0.717, 1.165) is 4.47 Å². The van der Waals surface area contributed by atoms with E-state index in [1.54, 1.807) is 42.7 Å². The quantitative estimate of drug-likeness (QED) is 0.882. The standard InChI is InChI=1S/C15H14BrNO3S/c1-21(19)14-4-2-3-12(9-14)17-15(18)10-20-13-7-5-11(16)6-8-13/h2-9H,10H2,1H3,(H,17,18). The second-order valence-electron chi connectivity index (χ2n) is 4.27. The molecule has 0 aliphatic rings. The van der Waals surface area contributed by atoms with E-state index in [1.165, 1.54) is 0 Å². The van der Waals surface area contributed by atoms with Gasteiger partial charge in [0.25, 0.3) is 5.91 Å². The number of carbonyl (C=O) groups is 1. The Balaban J connectivity index is 1.91.